The molecule has 0 atom stereocenters. The molecule has 0 spiro atoms. The van der Waals surface area contributed by atoms with Gasteiger partial charge in [-0.3, -0.25) is 4.57 Å². The quantitative estimate of drug-likeness (QED) is 0.223. The van der Waals surface area contributed by atoms with E-state index < -0.39 is 0 Å². The van der Waals surface area contributed by atoms with E-state index in [1.165, 1.54) is 43.4 Å². The third-order valence-corrected chi connectivity index (χ3v) is 7.78. The Hall–Kier alpha value is -5.21. The van der Waals surface area contributed by atoms with Crippen LogP contribution in [-0.4, -0.2) is 9.55 Å². The largest absolute Gasteiger partial charge is 0.292 e. The second kappa shape index (κ2) is 8.68. The van der Waals surface area contributed by atoms with Gasteiger partial charge in [0.05, 0.1) is 11.0 Å². The summed E-state index contributed by atoms with van der Waals surface area (Å²) >= 11 is 0. The van der Waals surface area contributed by atoms with E-state index in [2.05, 4.69) is 138 Å². The van der Waals surface area contributed by atoms with E-state index in [1.807, 2.05) is 12.1 Å². The molecule has 0 unspecified atom stereocenters. The highest BCUT2D eigenvalue weighted by Gasteiger charge is 2.14. The predicted octanol–water partition coefficient (Wildman–Crippen LogP) is 9.82. The van der Waals surface area contributed by atoms with Crippen LogP contribution in [0, 0.1) is 0 Å². The van der Waals surface area contributed by atoms with Gasteiger partial charge in [0.2, 0.25) is 0 Å². The minimum atomic E-state index is 0.949. The number of imidazole rings is 1. The standard InChI is InChI=1S/C37H24N2/c1-2-9-31(10-3-1)39-35-13-7-6-12-34(35)38-37(39)29-21-14-25(15-22-29)30-23-18-27-17-20-28-19-16-26-8-4-5-11-32(26)36(28)33(27)24-30/h1-24H. The summed E-state index contributed by atoms with van der Waals surface area (Å²) < 4.78 is 2.25. The van der Waals surface area contributed by atoms with E-state index in [0.29, 0.717) is 0 Å². The molecule has 0 aliphatic heterocycles. The number of nitrogens with zero attached hydrogens (tertiary/aromatic N) is 2. The molecule has 0 bridgehead atoms. The lowest BCUT2D eigenvalue weighted by Gasteiger charge is -2.11. The van der Waals surface area contributed by atoms with Crippen LogP contribution >= 0.6 is 0 Å². The minimum absolute atomic E-state index is 0.949. The monoisotopic (exact) mass is 496 g/mol. The fourth-order valence-electron chi connectivity index (χ4n) is 5.87. The van der Waals surface area contributed by atoms with Crippen LogP contribution in [0.1, 0.15) is 0 Å². The highest BCUT2D eigenvalue weighted by molar-refractivity contribution is 6.20. The molecular formula is C37H24N2. The lowest BCUT2D eigenvalue weighted by Crippen LogP contribution is -1.97. The summed E-state index contributed by atoms with van der Waals surface area (Å²) in [5, 5.41) is 7.71. The molecule has 0 aliphatic rings. The van der Waals surface area contributed by atoms with Gasteiger partial charge < -0.3 is 0 Å². The fourth-order valence-corrected chi connectivity index (χ4v) is 5.87. The average molecular weight is 497 g/mol. The molecule has 1 aromatic heterocycles. The highest BCUT2D eigenvalue weighted by atomic mass is 15.1. The first-order valence-corrected chi connectivity index (χ1v) is 13.3. The maximum atomic E-state index is 5.03. The molecule has 1 heterocycles. The van der Waals surface area contributed by atoms with E-state index >= 15 is 0 Å². The van der Waals surface area contributed by atoms with Gasteiger partial charge in [-0.2, -0.15) is 0 Å². The smallest absolute Gasteiger partial charge is 0.145 e. The minimum Gasteiger partial charge on any atom is -0.292 e. The van der Waals surface area contributed by atoms with Crippen LogP contribution in [-0.2, 0) is 0 Å². The van der Waals surface area contributed by atoms with Gasteiger partial charge in [-0.05, 0) is 73.8 Å². The molecular weight excluding hydrogens is 472 g/mol. The summed E-state index contributed by atoms with van der Waals surface area (Å²) in [7, 11) is 0. The second-order valence-electron chi connectivity index (χ2n) is 10.1. The summed E-state index contributed by atoms with van der Waals surface area (Å²) in [6, 6.07) is 52.0. The molecule has 7 aromatic carbocycles. The van der Waals surface area contributed by atoms with Gasteiger partial charge >= 0.3 is 0 Å². The summed E-state index contributed by atoms with van der Waals surface area (Å²) in [6.07, 6.45) is 0. The molecule has 182 valence electrons. The van der Waals surface area contributed by atoms with Crippen molar-refractivity contribution < 1.29 is 0 Å². The van der Waals surface area contributed by atoms with Gasteiger partial charge in [0.15, 0.2) is 0 Å². The van der Waals surface area contributed by atoms with E-state index in [9.17, 15) is 0 Å². The number of benzene rings is 7. The van der Waals surface area contributed by atoms with Gasteiger partial charge in [0.1, 0.15) is 5.82 Å². The third-order valence-electron chi connectivity index (χ3n) is 7.78. The van der Waals surface area contributed by atoms with Crippen molar-refractivity contribution in [3.8, 4) is 28.2 Å². The fraction of sp³-hybridized carbons (Fsp3) is 0. The summed E-state index contributed by atoms with van der Waals surface area (Å²) in [5.41, 5.74) is 6.71. The van der Waals surface area contributed by atoms with Gasteiger partial charge in [0, 0.05) is 11.3 Å². The van der Waals surface area contributed by atoms with Crippen molar-refractivity contribution in [2.75, 3.05) is 0 Å². The molecule has 8 aromatic rings. The van der Waals surface area contributed by atoms with Crippen molar-refractivity contribution >= 4 is 43.4 Å². The molecule has 2 heteroatoms. The third kappa shape index (κ3) is 3.53. The van der Waals surface area contributed by atoms with Crippen LogP contribution in [0.4, 0.5) is 0 Å². The van der Waals surface area contributed by atoms with Gasteiger partial charge in [0.25, 0.3) is 0 Å². The average Bonchev–Trinajstić information content (AvgIpc) is 3.41. The molecule has 0 saturated heterocycles. The zero-order chi connectivity index (χ0) is 25.8. The van der Waals surface area contributed by atoms with E-state index in [-0.39, 0.29) is 0 Å². The van der Waals surface area contributed by atoms with Crippen LogP contribution < -0.4 is 0 Å². The van der Waals surface area contributed by atoms with Crippen molar-refractivity contribution in [2.45, 2.75) is 0 Å². The topological polar surface area (TPSA) is 17.8 Å². The lowest BCUT2D eigenvalue weighted by molar-refractivity contribution is 1.10. The summed E-state index contributed by atoms with van der Waals surface area (Å²) in [4.78, 5) is 5.03. The van der Waals surface area contributed by atoms with Crippen molar-refractivity contribution in [1.29, 1.82) is 0 Å². The van der Waals surface area contributed by atoms with Crippen molar-refractivity contribution in [1.82, 2.24) is 9.55 Å². The Bertz CT molecular complexity index is 2150. The molecule has 0 aliphatic carbocycles. The number of rotatable bonds is 3. The Kier molecular flexibility index (Phi) is 4.86. The van der Waals surface area contributed by atoms with Crippen LogP contribution in [0.3, 0.4) is 0 Å². The van der Waals surface area contributed by atoms with Crippen molar-refractivity contribution in [3.63, 3.8) is 0 Å². The lowest BCUT2D eigenvalue weighted by atomic mass is 9.94. The predicted molar refractivity (Wildman–Crippen MR) is 164 cm³/mol. The molecule has 39 heavy (non-hydrogen) atoms. The van der Waals surface area contributed by atoms with Crippen LogP contribution in [0.2, 0.25) is 0 Å². The SMILES string of the molecule is c1ccc(-n2c(-c3ccc(-c4ccc5ccc6ccc7ccccc7c6c5c4)cc3)nc3ccccc32)cc1. The first-order chi connectivity index (χ1) is 19.3. The summed E-state index contributed by atoms with van der Waals surface area (Å²) in [5.74, 6) is 0.949. The number of fused-ring (bicyclic) bond motifs is 6. The maximum Gasteiger partial charge on any atom is 0.145 e. The van der Waals surface area contributed by atoms with Crippen LogP contribution in [0.25, 0.3) is 71.6 Å². The highest BCUT2D eigenvalue weighted by Crippen LogP contribution is 2.35. The molecule has 0 fully saturated rings. The molecule has 0 saturated carbocycles. The first kappa shape index (κ1) is 21.8. The molecule has 0 amide bonds. The van der Waals surface area contributed by atoms with E-state index in [4.69, 9.17) is 4.98 Å². The van der Waals surface area contributed by atoms with Crippen molar-refractivity contribution in [3.05, 3.63) is 146 Å². The Morgan fingerprint density at radius 2 is 1.05 bits per heavy atom. The van der Waals surface area contributed by atoms with Gasteiger partial charge in [-0.15, -0.1) is 0 Å². The summed E-state index contributed by atoms with van der Waals surface area (Å²) in [6.45, 7) is 0. The van der Waals surface area contributed by atoms with E-state index in [0.717, 1.165) is 28.1 Å². The van der Waals surface area contributed by atoms with Gasteiger partial charge in [-0.25, -0.2) is 4.98 Å². The second-order valence-corrected chi connectivity index (χ2v) is 10.1. The Labute approximate surface area is 226 Å². The van der Waals surface area contributed by atoms with Crippen molar-refractivity contribution in [2.24, 2.45) is 0 Å². The Balaban J connectivity index is 1.27. The Morgan fingerprint density at radius 3 is 1.90 bits per heavy atom. The number of hydrogen-bond acceptors (Lipinski definition) is 1. The normalized spacial score (nSPS) is 11.6. The zero-order valence-electron chi connectivity index (χ0n) is 21.3. The van der Waals surface area contributed by atoms with Crippen LogP contribution in [0.5, 0.6) is 0 Å². The van der Waals surface area contributed by atoms with Gasteiger partial charge in [-0.1, -0.05) is 115 Å². The number of hydrogen-bond donors (Lipinski definition) is 0. The van der Waals surface area contributed by atoms with Crippen LogP contribution in [0.15, 0.2) is 146 Å². The number of para-hydroxylation sites is 3. The van der Waals surface area contributed by atoms with E-state index in [1.54, 1.807) is 0 Å². The zero-order valence-corrected chi connectivity index (χ0v) is 21.3. The number of aromatic nitrogens is 2. The molecule has 0 radical (unpaired) electrons. The maximum absolute atomic E-state index is 5.03. The first-order valence-electron chi connectivity index (χ1n) is 13.3. The molecule has 0 N–H and O–H groups in total. The Morgan fingerprint density at radius 1 is 0.436 bits per heavy atom. The molecule has 2 nitrogen and oxygen atoms in total. The molecule has 8 rings (SSSR count).